The second kappa shape index (κ2) is 5.73. The predicted molar refractivity (Wildman–Crippen MR) is 64.4 cm³/mol. The Bertz CT molecular complexity index is 518. The molecule has 1 atom stereocenters. The summed E-state index contributed by atoms with van der Waals surface area (Å²) >= 11 is 0. The van der Waals surface area contributed by atoms with Crippen LogP contribution in [0.15, 0.2) is 23.1 Å². The van der Waals surface area contributed by atoms with Crippen LogP contribution in [0.4, 0.5) is 8.78 Å². The van der Waals surface area contributed by atoms with Crippen LogP contribution in [-0.4, -0.2) is 21.0 Å². The molecular formula is C11H16F2N2O2S. The number of rotatable bonds is 5. The predicted octanol–water partition coefficient (Wildman–Crippen LogP) is 1.23. The maximum absolute atomic E-state index is 13.4. The van der Waals surface area contributed by atoms with Crippen molar-refractivity contribution >= 4 is 10.0 Å². The summed E-state index contributed by atoms with van der Waals surface area (Å²) in [6, 6.07) is 1.81. The number of sulfonamides is 1. The quantitative estimate of drug-likeness (QED) is 0.851. The third-order valence-corrected chi connectivity index (χ3v) is 4.07. The Kier molecular flexibility index (Phi) is 4.78. The monoisotopic (exact) mass is 278 g/mol. The van der Waals surface area contributed by atoms with E-state index in [0.29, 0.717) is 6.07 Å². The molecule has 4 nitrogen and oxygen atoms in total. The minimum Gasteiger partial charge on any atom is -0.329 e. The summed E-state index contributed by atoms with van der Waals surface area (Å²) in [6.45, 7) is 3.68. The lowest BCUT2D eigenvalue weighted by Crippen LogP contribution is -2.43. The molecule has 0 bridgehead atoms. The van der Waals surface area contributed by atoms with Crippen molar-refractivity contribution in [1.82, 2.24) is 4.72 Å². The zero-order chi connectivity index (χ0) is 13.9. The highest BCUT2D eigenvalue weighted by Gasteiger charge is 2.24. The molecule has 0 saturated carbocycles. The maximum Gasteiger partial charge on any atom is 0.243 e. The standard InChI is InChI=1S/C11H16F2N2O2S/c1-7(2)10(6-14)15-18(16,17)11-4-3-8(12)5-9(11)13/h3-5,7,10,15H,6,14H2,1-2H3. The summed E-state index contributed by atoms with van der Waals surface area (Å²) in [5, 5.41) is 0. The van der Waals surface area contributed by atoms with Gasteiger partial charge in [0.2, 0.25) is 10.0 Å². The molecule has 1 rings (SSSR count). The van der Waals surface area contributed by atoms with Gasteiger partial charge in [0.05, 0.1) is 0 Å². The van der Waals surface area contributed by atoms with E-state index < -0.39 is 32.6 Å². The van der Waals surface area contributed by atoms with Crippen LogP contribution < -0.4 is 10.5 Å². The fraction of sp³-hybridized carbons (Fsp3) is 0.455. The molecule has 0 aliphatic carbocycles. The van der Waals surface area contributed by atoms with Gasteiger partial charge in [-0.2, -0.15) is 0 Å². The average Bonchev–Trinajstić information content (AvgIpc) is 2.24. The zero-order valence-electron chi connectivity index (χ0n) is 10.2. The largest absolute Gasteiger partial charge is 0.329 e. The normalized spacial score (nSPS) is 13.9. The van der Waals surface area contributed by atoms with Crippen LogP contribution in [0.2, 0.25) is 0 Å². The summed E-state index contributed by atoms with van der Waals surface area (Å²) in [7, 11) is -4.04. The van der Waals surface area contributed by atoms with Gasteiger partial charge in [0, 0.05) is 18.7 Å². The lowest BCUT2D eigenvalue weighted by atomic mass is 10.1. The first-order valence-corrected chi connectivity index (χ1v) is 6.93. The topological polar surface area (TPSA) is 72.2 Å². The van der Waals surface area contributed by atoms with Crippen LogP contribution >= 0.6 is 0 Å². The summed E-state index contributed by atoms with van der Waals surface area (Å²) in [6.07, 6.45) is 0. The van der Waals surface area contributed by atoms with Gasteiger partial charge in [0.15, 0.2) is 0 Å². The molecule has 0 amide bonds. The molecule has 0 aliphatic rings. The third-order valence-electron chi connectivity index (χ3n) is 2.55. The molecule has 0 aliphatic heterocycles. The smallest absolute Gasteiger partial charge is 0.243 e. The van der Waals surface area contributed by atoms with E-state index in [1.165, 1.54) is 0 Å². The van der Waals surface area contributed by atoms with Gasteiger partial charge in [-0.05, 0) is 18.1 Å². The molecule has 3 N–H and O–H groups in total. The highest BCUT2D eigenvalue weighted by molar-refractivity contribution is 7.89. The van der Waals surface area contributed by atoms with E-state index in [-0.39, 0.29) is 12.5 Å². The van der Waals surface area contributed by atoms with Crippen molar-refractivity contribution in [2.45, 2.75) is 24.8 Å². The van der Waals surface area contributed by atoms with Crippen LogP contribution in [0.3, 0.4) is 0 Å². The summed E-state index contributed by atoms with van der Waals surface area (Å²) < 4.78 is 52.3. The summed E-state index contributed by atoms with van der Waals surface area (Å²) in [5.74, 6) is -1.99. The molecule has 0 saturated heterocycles. The van der Waals surface area contributed by atoms with Crippen LogP contribution in [-0.2, 0) is 10.0 Å². The van der Waals surface area contributed by atoms with Crippen molar-refractivity contribution in [2.75, 3.05) is 6.54 Å². The Morgan fingerprint density at radius 3 is 2.39 bits per heavy atom. The lowest BCUT2D eigenvalue weighted by Gasteiger charge is -2.20. The van der Waals surface area contributed by atoms with Gasteiger partial charge in [-0.25, -0.2) is 21.9 Å². The van der Waals surface area contributed by atoms with Crippen molar-refractivity contribution in [3.05, 3.63) is 29.8 Å². The number of hydrogen-bond donors (Lipinski definition) is 2. The molecule has 1 unspecified atom stereocenters. The van der Waals surface area contributed by atoms with Crippen LogP contribution in [0.1, 0.15) is 13.8 Å². The Morgan fingerprint density at radius 2 is 1.94 bits per heavy atom. The number of hydrogen-bond acceptors (Lipinski definition) is 3. The van der Waals surface area contributed by atoms with Gasteiger partial charge in [0.1, 0.15) is 16.5 Å². The first-order valence-electron chi connectivity index (χ1n) is 5.45. The van der Waals surface area contributed by atoms with Gasteiger partial charge >= 0.3 is 0 Å². The van der Waals surface area contributed by atoms with E-state index >= 15 is 0 Å². The molecule has 0 heterocycles. The van der Waals surface area contributed by atoms with Gasteiger partial charge in [-0.1, -0.05) is 13.8 Å². The Hall–Kier alpha value is -1.05. The van der Waals surface area contributed by atoms with E-state index in [9.17, 15) is 17.2 Å². The zero-order valence-corrected chi connectivity index (χ0v) is 11.0. The van der Waals surface area contributed by atoms with E-state index in [1.807, 2.05) is 0 Å². The number of nitrogens with two attached hydrogens (primary N) is 1. The van der Waals surface area contributed by atoms with Crippen molar-refractivity contribution < 1.29 is 17.2 Å². The van der Waals surface area contributed by atoms with E-state index in [2.05, 4.69) is 4.72 Å². The van der Waals surface area contributed by atoms with Crippen molar-refractivity contribution in [1.29, 1.82) is 0 Å². The Labute approximate surface area is 105 Å². The summed E-state index contributed by atoms with van der Waals surface area (Å²) in [4.78, 5) is -0.581. The fourth-order valence-corrected chi connectivity index (χ4v) is 2.87. The minimum absolute atomic E-state index is 0.0340. The molecular weight excluding hydrogens is 262 g/mol. The van der Waals surface area contributed by atoms with Gasteiger partial charge in [-0.3, -0.25) is 0 Å². The van der Waals surface area contributed by atoms with E-state index in [4.69, 9.17) is 5.73 Å². The first-order chi connectivity index (χ1) is 8.27. The second-order valence-electron chi connectivity index (χ2n) is 4.28. The van der Waals surface area contributed by atoms with Crippen molar-refractivity contribution in [3.63, 3.8) is 0 Å². The third kappa shape index (κ3) is 3.47. The van der Waals surface area contributed by atoms with Gasteiger partial charge < -0.3 is 5.73 Å². The highest BCUT2D eigenvalue weighted by atomic mass is 32.2. The van der Waals surface area contributed by atoms with Crippen molar-refractivity contribution in [3.8, 4) is 0 Å². The summed E-state index contributed by atoms with van der Waals surface area (Å²) in [5.41, 5.74) is 5.44. The average molecular weight is 278 g/mol. The molecule has 1 aromatic carbocycles. The Balaban J connectivity index is 3.06. The molecule has 0 spiro atoms. The van der Waals surface area contributed by atoms with Gasteiger partial charge in [0.25, 0.3) is 0 Å². The van der Waals surface area contributed by atoms with Crippen LogP contribution in [0.25, 0.3) is 0 Å². The highest BCUT2D eigenvalue weighted by Crippen LogP contribution is 2.16. The Morgan fingerprint density at radius 1 is 1.33 bits per heavy atom. The molecule has 0 radical (unpaired) electrons. The molecule has 1 aromatic rings. The van der Waals surface area contributed by atoms with Crippen LogP contribution in [0, 0.1) is 17.6 Å². The molecule has 0 fully saturated rings. The van der Waals surface area contributed by atoms with Crippen molar-refractivity contribution in [2.24, 2.45) is 11.7 Å². The molecule has 102 valence electrons. The SMILES string of the molecule is CC(C)C(CN)NS(=O)(=O)c1ccc(F)cc1F. The van der Waals surface area contributed by atoms with Gasteiger partial charge in [-0.15, -0.1) is 0 Å². The minimum atomic E-state index is -4.04. The molecule has 7 heteroatoms. The second-order valence-corrected chi connectivity index (χ2v) is 5.96. The van der Waals surface area contributed by atoms with E-state index in [0.717, 1.165) is 12.1 Å². The number of halogens is 2. The lowest BCUT2D eigenvalue weighted by molar-refractivity contribution is 0.452. The first kappa shape index (κ1) is 15.0. The van der Waals surface area contributed by atoms with Crippen LogP contribution in [0.5, 0.6) is 0 Å². The number of benzene rings is 1. The fourth-order valence-electron chi connectivity index (χ4n) is 1.41. The maximum atomic E-state index is 13.4. The van der Waals surface area contributed by atoms with E-state index in [1.54, 1.807) is 13.8 Å². The number of nitrogens with one attached hydrogen (secondary N) is 1. The molecule has 18 heavy (non-hydrogen) atoms. The molecule has 0 aromatic heterocycles.